The first-order valence-electron chi connectivity index (χ1n) is 9.43. The van der Waals surface area contributed by atoms with Crippen molar-refractivity contribution in [1.29, 1.82) is 0 Å². The van der Waals surface area contributed by atoms with Gasteiger partial charge in [-0.25, -0.2) is 4.39 Å². The number of para-hydroxylation sites is 1. The minimum Gasteiger partial charge on any atom is -0.376 e. The Labute approximate surface area is 179 Å². The van der Waals surface area contributed by atoms with E-state index >= 15 is 0 Å². The molecule has 0 atom stereocenters. The summed E-state index contributed by atoms with van der Waals surface area (Å²) in [5, 5.41) is 5.61. The Bertz CT molecular complexity index is 1030. The first kappa shape index (κ1) is 21.3. The number of rotatable bonds is 7. The zero-order valence-corrected chi connectivity index (χ0v) is 17.1. The van der Waals surface area contributed by atoms with E-state index in [0.29, 0.717) is 23.5 Å². The first-order chi connectivity index (χ1) is 14.5. The second kappa shape index (κ2) is 9.89. The van der Waals surface area contributed by atoms with E-state index in [-0.39, 0.29) is 23.4 Å². The molecular formula is C23H21ClFN3O2. The van der Waals surface area contributed by atoms with Gasteiger partial charge >= 0.3 is 0 Å². The van der Waals surface area contributed by atoms with Crippen LogP contribution in [0.4, 0.5) is 21.5 Å². The molecule has 30 heavy (non-hydrogen) atoms. The monoisotopic (exact) mass is 425 g/mol. The third-order valence-corrected chi connectivity index (χ3v) is 4.71. The largest absolute Gasteiger partial charge is 0.376 e. The van der Waals surface area contributed by atoms with Crippen molar-refractivity contribution < 1.29 is 14.0 Å². The molecule has 3 rings (SSSR count). The summed E-state index contributed by atoms with van der Waals surface area (Å²) in [4.78, 5) is 26.6. The molecule has 0 aliphatic carbocycles. The molecule has 3 aromatic rings. The van der Waals surface area contributed by atoms with Crippen molar-refractivity contribution in [3.05, 3.63) is 89.2 Å². The van der Waals surface area contributed by atoms with Crippen LogP contribution >= 0.6 is 11.6 Å². The highest BCUT2D eigenvalue weighted by Crippen LogP contribution is 2.20. The minimum absolute atomic E-state index is 0.0136. The molecule has 154 valence electrons. The Morgan fingerprint density at radius 2 is 1.63 bits per heavy atom. The highest BCUT2D eigenvalue weighted by atomic mass is 35.5. The van der Waals surface area contributed by atoms with Crippen LogP contribution < -0.4 is 15.5 Å². The molecule has 0 aliphatic heterocycles. The molecule has 0 heterocycles. The van der Waals surface area contributed by atoms with Crippen LogP contribution in [0, 0.1) is 5.82 Å². The van der Waals surface area contributed by atoms with Gasteiger partial charge in [0.1, 0.15) is 5.82 Å². The molecule has 0 fully saturated rings. The van der Waals surface area contributed by atoms with Gasteiger partial charge in [0.2, 0.25) is 5.91 Å². The van der Waals surface area contributed by atoms with Gasteiger partial charge in [0.25, 0.3) is 5.91 Å². The van der Waals surface area contributed by atoms with Crippen molar-refractivity contribution in [2.45, 2.75) is 6.92 Å². The number of halogens is 2. The summed E-state index contributed by atoms with van der Waals surface area (Å²) in [7, 11) is 0. The van der Waals surface area contributed by atoms with Crippen molar-refractivity contribution in [1.82, 2.24) is 0 Å². The van der Waals surface area contributed by atoms with E-state index in [1.807, 2.05) is 37.3 Å². The van der Waals surface area contributed by atoms with Crippen molar-refractivity contribution in [3.8, 4) is 0 Å². The van der Waals surface area contributed by atoms with Gasteiger partial charge in [0.15, 0.2) is 0 Å². The number of benzene rings is 3. The summed E-state index contributed by atoms with van der Waals surface area (Å²) in [6, 6.07) is 20.3. The average molecular weight is 426 g/mol. The molecule has 0 bridgehead atoms. The fourth-order valence-corrected chi connectivity index (χ4v) is 3.08. The normalized spacial score (nSPS) is 10.4. The highest BCUT2D eigenvalue weighted by Gasteiger charge is 2.16. The minimum atomic E-state index is -0.518. The molecule has 5 nitrogen and oxygen atoms in total. The number of hydrogen-bond acceptors (Lipinski definition) is 3. The maximum Gasteiger partial charge on any atom is 0.258 e. The predicted octanol–water partition coefficient (Wildman–Crippen LogP) is 5.20. The second-order valence-electron chi connectivity index (χ2n) is 6.49. The van der Waals surface area contributed by atoms with Crippen LogP contribution in [0.1, 0.15) is 17.3 Å². The molecule has 3 aromatic carbocycles. The van der Waals surface area contributed by atoms with E-state index < -0.39 is 5.82 Å². The van der Waals surface area contributed by atoms with Crippen LogP contribution in [0.2, 0.25) is 5.02 Å². The molecule has 7 heteroatoms. The molecule has 0 spiro atoms. The standard InChI is InChI=1S/C23H21ClFN3O2/c1-2-28(19-6-4-3-5-7-19)23(30)16-8-10-17(11-9-16)27-22(29)15-26-18-12-13-21(25)20(24)14-18/h3-14,26H,2,15H2,1H3,(H,27,29). The molecule has 0 radical (unpaired) electrons. The van der Waals surface area contributed by atoms with Gasteiger partial charge < -0.3 is 15.5 Å². The van der Waals surface area contributed by atoms with Gasteiger partial charge in [0.05, 0.1) is 11.6 Å². The molecule has 0 saturated carbocycles. The van der Waals surface area contributed by atoms with Crippen LogP contribution in [-0.2, 0) is 4.79 Å². The van der Waals surface area contributed by atoms with E-state index in [2.05, 4.69) is 10.6 Å². The van der Waals surface area contributed by atoms with Gasteiger partial charge in [-0.05, 0) is 61.5 Å². The topological polar surface area (TPSA) is 61.4 Å². The summed E-state index contributed by atoms with van der Waals surface area (Å²) in [5.74, 6) is -0.916. The number of anilines is 3. The lowest BCUT2D eigenvalue weighted by atomic mass is 10.1. The van der Waals surface area contributed by atoms with Crippen LogP contribution in [-0.4, -0.2) is 24.9 Å². The van der Waals surface area contributed by atoms with Crippen LogP contribution in [0.3, 0.4) is 0 Å². The first-order valence-corrected chi connectivity index (χ1v) is 9.81. The summed E-state index contributed by atoms with van der Waals surface area (Å²) < 4.78 is 13.2. The number of hydrogen-bond donors (Lipinski definition) is 2. The summed E-state index contributed by atoms with van der Waals surface area (Å²) in [6.07, 6.45) is 0. The number of nitrogens with zero attached hydrogens (tertiary/aromatic N) is 1. The van der Waals surface area contributed by atoms with Gasteiger partial charge in [-0.3, -0.25) is 9.59 Å². The smallest absolute Gasteiger partial charge is 0.258 e. The van der Waals surface area contributed by atoms with E-state index in [1.54, 1.807) is 29.2 Å². The quantitative estimate of drug-likeness (QED) is 0.547. The lowest BCUT2D eigenvalue weighted by Crippen LogP contribution is -2.30. The van der Waals surface area contributed by atoms with Crippen LogP contribution in [0.5, 0.6) is 0 Å². The van der Waals surface area contributed by atoms with Crippen molar-refractivity contribution in [2.75, 3.05) is 28.6 Å². The maximum atomic E-state index is 13.2. The Morgan fingerprint density at radius 3 is 2.27 bits per heavy atom. The van der Waals surface area contributed by atoms with Gasteiger partial charge in [-0.15, -0.1) is 0 Å². The Balaban J connectivity index is 1.58. The molecule has 0 unspecified atom stereocenters. The molecular weight excluding hydrogens is 405 g/mol. The zero-order chi connectivity index (χ0) is 21.5. The fraction of sp³-hybridized carbons (Fsp3) is 0.130. The van der Waals surface area contributed by atoms with E-state index in [0.717, 1.165) is 5.69 Å². The fourth-order valence-electron chi connectivity index (χ4n) is 2.90. The Morgan fingerprint density at radius 1 is 0.967 bits per heavy atom. The van der Waals surface area contributed by atoms with E-state index in [1.165, 1.54) is 18.2 Å². The van der Waals surface area contributed by atoms with Crippen LogP contribution in [0.25, 0.3) is 0 Å². The SMILES string of the molecule is CCN(C(=O)c1ccc(NC(=O)CNc2ccc(F)c(Cl)c2)cc1)c1ccccc1. The number of amides is 2. The average Bonchev–Trinajstić information content (AvgIpc) is 2.76. The van der Waals surface area contributed by atoms with Gasteiger partial charge in [0, 0.05) is 29.2 Å². The van der Waals surface area contributed by atoms with Crippen LogP contribution in [0.15, 0.2) is 72.8 Å². The summed E-state index contributed by atoms with van der Waals surface area (Å²) in [5.41, 5.74) is 2.46. The number of nitrogens with one attached hydrogen (secondary N) is 2. The molecule has 2 amide bonds. The van der Waals surface area contributed by atoms with E-state index in [9.17, 15) is 14.0 Å². The maximum absolute atomic E-state index is 13.2. The van der Waals surface area contributed by atoms with Crippen molar-refractivity contribution in [2.24, 2.45) is 0 Å². The molecule has 2 N–H and O–H groups in total. The Hall–Kier alpha value is -3.38. The summed E-state index contributed by atoms with van der Waals surface area (Å²) >= 11 is 5.72. The second-order valence-corrected chi connectivity index (χ2v) is 6.90. The third-order valence-electron chi connectivity index (χ3n) is 4.42. The van der Waals surface area contributed by atoms with E-state index in [4.69, 9.17) is 11.6 Å². The lowest BCUT2D eigenvalue weighted by Gasteiger charge is -2.21. The van der Waals surface area contributed by atoms with Gasteiger partial charge in [-0.2, -0.15) is 0 Å². The molecule has 0 aliphatic rings. The molecule has 0 saturated heterocycles. The predicted molar refractivity (Wildman–Crippen MR) is 119 cm³/mol. The highest BCUT2D eigenvalue weighted by molar-refractivity contribution is 6.31. The van der Waals surface area contributed by atoms with Crippen molar-refractivity contribution >= 4 is 40.5 Å². The molecule has 0 aromatic heterocycles. The number of carbonyl (C=O) groups excluding carboxylic acids is 2. The van der Waals surface area contributed by atoms with Gasteiger partial charge in [-0.1, -0.05) is 29.8 Å². The number of carbonyl (C=O) groups is 2. The Kier molecular flexibility index (Phi) is 7.03. The lowest BCUT2D eigenvalue weighted by molar-refractivity contribution is -0.114. The third kappa shape index (κ3) is 5.36. The van der Waals surface area contributed by atoms with Crippen molar-refractivity contribution in [3.63, 3.8) is 0 Å². The summed E-state index contributed by atoms with van der Waals surface area (Å²) in [6.45, 7) is 2.45. The zero-order valence-electron chi connectivity index (χ0n) is 16.4.